The fourth-order valence-corrected chi connectivity index (χ4v) is 4.18. The van der Waals surface area contributed by atoms with Gasteiger partial charge in [-0.05, 0) is 24.8 Å². The molecule has 0 amide bonds. The maximum absolute atomic E-state index is 12.2. The van der Waals surface area contributed by atoms with Crippen LogP contribution >= 0.6 is 0 Å². The van der Waals surface area contributed by atoms with Crippen LogP contribution in [0.25, 0.3) is 5.65 Å². The number of hydrogen-bond donors (Lipinski definition) is 0. The van der Waals surface area contributed by atoms with Gasteiger partial charge in [-0.15, -0.1) is 5.10 Å². The van der Waals surface area contributed by atoms with Gasteiger partial charge >= 0.3 is 0 Å². The fraction of sp³-hybridized carbons (Fsp3) is 0.667. The summed E-state index contributed by atoms with van der Waals surface area (Å²) < 4.78 is 34.8. The second-order valence-electron chi connectivity index (χ2n) is 8.29. The molecule has 0 aromatic carbocycles. The largest absolute Gasteiger partial charge is 0.476 e. The summed E-state index contributed by atoms with van der Waals surface area (Å²) in [5.41, 5.74) is 1.76. The summed E-state index contributed by atoms with van der Waals surface area (Å²) in [5, 5.41) is 4.49. The summed E-state index contributed by atoms with van der Waals surface area (Å²) in [7, 11) is -0.195. The number of hydrogen-bond acceptors (Lipinski definition) is 5. The summed E-state index contributed by atoms with van der Waals surface area (Å²) in [6.07, 6.45) is 3.51. The molecule has 2 aromatic rings. The van der Waals surface area contributed by atoms with Crippen molar-refractivity contribution in [2.24, 2.45) is 5.92 Å². The average Bonchev–Trinajstić information content (AvgIpc) is 3.04. The van der Waals surface area contributed by atoms with E-state index < -0.39 is 10.2 Å². The second-order valence-corrected chi connectivity index (χ2v) is 10.4. The van der Waals surface area contributed by atoms with Crippen LogP contribution in [0.15, 0.2) is 18.3 Å². The van der Waals surface area contributed by atoms with E-state index in [0.717, 1.165) is 24.2 Å². The predicted molar refractivity (Wildman–Crippen MR) is 104 cm³/mol. The van der Waals surface area contributed by atoms with Crippen LogP contribution in [-0.2, 0) is 15.6 Å². The quantitative estimate of drug-likeness (QED) is 0.773. The van der Waals surface area contributed by atoms with Crippen molar-refractivity contribution in [2.75, 3.05) is 33.8 Å². The smallest absolute Gasteiger partial charge is 0.281 e. The van der Waals surface area contributed by atoms with Crippen LogP contribution in [0.1, 0.15) is 39.3 Å². The lowest BCUT2D eigenvalue weighted by molar-refractivity contribution is 0.177. The summed E-state index contributed by atoms with van der Waals surface area (Å²) in [6.45, 7) is 7.95. The Morgan fingerprint density at radius 3 is 2.48 bits per heavy atom. The maximum Gasteiger partial charge on any atom is 0.281 e. The summed E-state index contributed by atoms with van der Waals surface area (Å²) >= 11 is 0. The molecule has 0 unspecified atom stereocenters. The lowest BCUT2D eigenvalue weighted by Crippen LogP contribution is -2.45. The van der Waals surface area contributed by atoms with E-state index in [4.69, 9.17) is 4.74 Å². The highest BCUT2D eigenvalue weighted by Crippen LogP contribution is 2.23. The van der Waals surface area contributed by atoms with Gasteiger partial charge in [0, 0.05) is 38.7 Å². The third-order valence-corrected chi connectivity index (χ3v) is 6.83. The molecule has 3 rings (SSSR count). The van der Waals surface area contributed by atoms with Crippen LogP contribution in [0.2, 0.25) is 0 Å². The summed E-state index contributed by atoms with van der Waals surface area (Å²) in [4.78, 5) is 4.60. The first-order valence-corrected chi connectivity index (χ1v) is 10.6. The molecule has 0 atom stereocenters. The molecular weight excluding hydrogens is 366 g/mol. The van der Waals surface area contributed by atoms with E-state index in [9.17, 15) is 8.42 Å². The Bertz CT molecular complexity index is 893. The van der Waals surface area contributed by atoms with Crippen molar-refractivity contribution in [2.45, 2.75) is 39.0 Å². The van der Waals surface area contributed by atoms with Gasteiger partial charge in [0.1, 0.15) is 0 Å². The zero-order valence-corrected chi connectivity index (χ0v) is 17.5. The molecule has 0 aliphatic carbocycles. The first-order chi connectivity index (χ1) is 12.6. The average molecular weight is 396 g/mol. The number of fused-ring (bicyclic) bond motifs is 1. The van der Waals surface area contributed by atoms with Crippen LogP contribution < -0.4 is 4.74 Å². The molecule has 0 N–H and O–H groups in total. The first kappa shape index (κ1) is 20.0. The lowest BCUT2D eigenvalue weighted by Gasteiger charge is -2.32. The number of rotatable bonds is 5. The second kappa shape index (κ2) is 7.37. The van der Waals surface area contributed by atoms with Gasteiger partial charge in [0.05, 0.1) is 18.5 Å². The minimum Gasteiger partial charge on any atom is -0.476 e. The molecule has 1 fully saturated rings. The molecule has 150 valence electrons. The van der Waals surface area contributed by atoms with E-state index in [1.807, 2.05) is 18.3 Å². The van der Waals surface area contributed by atoms with E-state index in [0.29, 0.717) is 31.5 Å². The van der Waals surface area contributed by atoms with E-state index >= 15 is 0 Å². The number of ether oxygens (including phenoxy) is 1. The van der Waals surface area contributed by atoms with Gasteiger partial charge in [-0.25, -0.2) is 9.50 Å². The summed E-state index contributed by atoms with van der Waals surface area (Å²) in [5.74, 6) is 0.882. The molecular formula is C18H29N5O3S. The Balaban J connectivity index is 1.58. The molecule has 3 heterocycles. The van der Waals surface area contributed by atoms with E-state index in [-0.39, 0.29) is 5.41 Å². The first-order valence-electron chi connectivity index (χ1n) is 9.24. The van der Waals surface area contributed by atoms with Crippen LogP contribution in [0, 0.1) is 5.92 Å². The van der Waals surface area contributed by atoms with Crippen molar-refractivity contribution in [1.29, 1.82) is 0 Å². The molecule has 0 bridgehead atoms. The lowest BCUT2D eigenvalue weighted by atomic mass is 9.93. The van der Waals surface area contributed by atoms with Gasteiger partial charge < -0.3 is 4.74 Å². The molecule has 0 spiro atoms. The fourth-order valence-electron chi connectivity index (χ4n) is 3.04. The normalized spacial score (nSPS) is 17.7. The zero-order chi connectivity index (χ0) is 19.8. The van der Waals surface area contributed by atoms with Gasteiger partial charge in [-0.2, -0.15) is 17.0 Å². The molecule has 1 aliphatic rings. The van der Waals surface area contributed by atoms with Gasteiger partial charge in [0.25, 0.3) is 10.2 Å². The Morgan fingerprint density at radius 2 is 1.89 bits per heavy atom. The van der Waals surface area contributed by atoms with Crippen molar-refractivity contribution in [3.05, 3.63) is 24.0 Å². The van der Waals surface area contributed by atoms with Crippen molar-refractivity contribution in [3.8, 4) is 5.88 Å². The monoisotopic (exact) mass is 395 g/mol. The standard InChI is InChI=1S/C18H29N5O3S/c1-18(2,3)15-12-23-16(19-15)6-7-17(20-23)26-13-14-8-10-22(11-9-14)27(24,25)21(4)5/h6-7,12,14H,8-11,13H2,1-5H3. The molecule has 1 aliphatic heterocycles. The predicted octanol–water partition coefficient (Wildman–Crippen LogP) is 1.92. The van der Waals surface area contributed by atoms with Crippen LogP contribution in [0.3, 0.4) is 0 Å². The van der Waals surface area contributed by atoms with Crippen molar-refractivity contribution < 1.29 is 13.2 Å². The van der Waals surface area contributed by atoms with Gasteiger partial charge in [-0.1, -0.05) is 20.8 Å². The number of imidazole rings is 1. The highest BCUT2D eigenvalue weighted by atomic mass is 32.2. The highest BCUT2D eigenvalue weighted by Gasteiger charge is 2.29. The number of aromatic nitrogens is 3. The molecule has 1 saturated heterocycles. The molecule has 0 saturated carbocycles. The molecule has 8 nitrogen and oxygen atoms in total. The third kappa shape index (κ3) is 4.41. The Labute approximate surface area is 161 Å². The highest BCUT2D eigenvalue weighted by molar-refractivity contribution is 7.86. The minimum absolute atomic E-state index is 0.0322. The Hall–Kier alpha value is -1.71. The number of nitrogens with zero attached hydrogens (tertiary/aromatic N) is 5. The van der Waals surface area contributed by atoms with E-state index in [1.54, 1.807) is 18.6 Å². The van der Waals surface area contributed by atoms with Crippen molar-refractivity contribution in [3.63, 3.8) is 0 Å². The molecule has 0 radical (unpaired) electrons. The van der Waals surface area contributed by atoms with Gasteiger partial charge in [0.15, 0.2) is 5.65 Å². The molecule has 9 heteroatoms. The Kier molecular flexibility index (Phi) is 5.47. The number of piperidine rings is 1. The zero-order valence-electron chi connectivity index (χ0n) is 16.7. The maximum atomic E-state index is 12.2. The van der Waals surface area contributed by atoms with Crippen LogP contribution in [0.4, 0.5) is 0 Å². The van der Waals surface area contributed by atoms with Crippen molar-refractivity contribution >= 4 is 15.9 Å². The molecule has 27 heavy (non-hydrogen) atoms. The van der Waals surface area contributed by atoms with Crippen LogP contribution in [-0.4, -0.2) is 65.4 Å². The van der Waals surface area contributed by atoms with E-state index in [2.05, 4.69) is 30.9 Å². The van der Waals surface area contributed by atoms with Gasteiger partial charge in [0.2, 0.25) is 5.88 Å². The SMILES string of the molecule is CN(C)S(=O)(=O)N1CCC(COc2ccc3nc(C(C)(C)C)cn3n2)CC1. The van der Waals surface area contributed by atoms with Crippen molar-refractivity contribution in [1.82, 2.24) is 23.2 Å². The minimum atomic E-state index is -3.32. The molecule has 2 aromatic heterocycles. The topological polar surface area (TPSA) is 80.0 Å². The third-order valence-electron chi connectivity index (χ3n) is 4.89. The summed E-state index contributed by atoms with van der Waals surface area (Å²) in [6, 6.07) is 3.74. The Morgan fingerprint density at radius 1 is 1.22 bits per heavy atom. The van der Waals surface area contributed by atoms with Gasteiger partial charge in [-0.3, -0.25) is 0 Å². The van der Waals surface area contributed by atoms with Crippen LogP contribution in [0.5, 0.6) is 5.88 Å². The van der Waals surface area contributed by atoms with E-state index in [1.165, 1.54) is 8.61 Å².